The molecule has 1 aromatic carbocycles. The summed E-state index contributed by atoms with van der Waals surface area (Å²) < 4.78 is 6.97. The van der Waals surface area contributed by atoms with Gasteiger partial charge in [-0.15, -0.1) is 0 Å². The van der Waals surface area contributed by atoms with Gasteiger partial charge in [0.15, 0.2) is 0 Å². The number of unbranched alkanes of at least 4 members (excludes halogenated alkanes) is 1. The summed E-state index contributed by atoms with van der Waals surface area (Å²) in [5.41, 5.74) is 1.10. The van der Waals surface area contributed by atoms with E-state index in [2.05, 4.69) is 18.0 Å². The van der Waals surface area contributed by atoms with Gasteiger partial charge < -0.3 is 0 Å². The zero-order valence-corrected chi connectivity index (χ0v) is 9.91. The van der Waals surface area contributed by atoms with Crippen LogP contribution in [-0.4, -0.2) is 26.1 Å². The monoisotopic (exact) mass is 255 g/mol. The van der Waals surface area contributed by atoms with E-state index in [-0.39, 0.29) is 0 Å². The first-order valence-electron chi connectivity index (χ1n) is 4.86. The molecule has 0 saturated carbocycles. The van der Waals surface area contributed by atoms with E-state index >= 15 is 0 Å². The van der Waals surface area contributed by atoms with E-state index in [4.69, 9.17) is 4.74 Å². The van der Waals surface area contributed by atoms with Crippen LogP contribution >= 0.6 is 0 Å². The molecule has 2 aromatic rings. The molecule has 3 heteroatoms. The Labute approximate surface area is 89.7 Å². The van der Waals surface area contributed by atoms with E-state index in [1.807, 2.05) is 17.2 Å². The molecule has 0 aliphatic heterocycles. The van der Waals surface area contributed by atoms with Gasteiger partial charge in [-0.3, -0.25) is 0 Å². The van der Waals surface area contributed by atoms with Crippen LogP contribution in [0.4, 0.5) is 0 Å². The summed E-state index contributed by atoms with van der Waals surface area (Å²) in [4.78, 5) is 4.31. The van der Waals surface area contributed by atoms with Crippen LogP contribution in [-0.2, 0) is 0 Å². The van der Waals surface area contributed by atoms with E-state index < -0.39 is 0 Å². The topological polar surface area (TPSA) is 22.1 Å². The predicted octanol–water partition coefficient (Wildman–Crippen LogP) is 2.47. The zero-order valence-electron chi connectivity index (χ0n) is 8.19. The molecule has 2 rings (SSSR count). The number of ether oxygens (including phenoxy) is 1. The molecule has 0 spiro atoms. The van der Waals surface area contributed by atoms with Gasteiger partial charge in [-0.2, -0.15) is 0 Å². The summed E-state index contributed by atoms with van der Waals surface area (Å²) >= 11 is 0.442. The maximum absolute atomic E-state index is 5.60. The van der Waals surface area contributed by atoms with Gasteiger partial charge in [0.1, 0.15) is 0 Å². The molecule has 0 amide bonds. The molecule has 1 heterocycles. The summed E-state index contributed by atoms with van der Waals surface area (Å²) in [6, 6.07) is 6.21. The molecule has 0 fully saturated rings. The van der Waals surface area contributed by atoms with Gasteiger partial charge in [0, 0.05) is 0 Å². The second-order valence-electron chi connectivity index (χ2n) is 3.18. The number of aromatic nitrogens is 1. The fourth-order valence-corrected chi connectivity index (χ4v) is 2.64. The fraction of sp³-hybridized carbons (Fsp3) is 0.364. The van der Waals surface area contributed by atoms with Crippen LogP contribution in [0.15, 0.2) is 23.3 Å². The third-order valence-corrected chi connectivity index (χ3v) is 3.77. The van der Waals surface area contributed by atoms with Crippen molar-refractivity contribution in [1.29, 1.82) is 0 Å². The number of fused-ring (bicyclic) bond motifs is 1. The van der Waals surface area contributed by atoms with E-state index in [0.717, 1.165) is 24.3 Å². The van der Waals surface area contributed by atoms with Crippen molar-refractivity contribution in [3.8, 4) is 5.75 Å². The van der Waals surface area contributed by atoms with Crippen molar-refractivity contribution in [3.63, 3.8) is 0 Å². The van der Waals surface area contributed by atoms with Gasteiger partial charge in [0.05, 0.1) is 0 Å². The minimum absolute atomic E-state index is 0.442. The fourth-order valence-electron chi connectivity index (χ4n) is 1.26. The molecule has 0 atom stereocenters. The van der Waals surface area contributed by atoms with Gasteiger partial charge in [0.25, 0.3) is 0 Å². The summed E-state index contributed by atoms with van der Waals surface area (Å²) in [6.45, 7) is 2.98. The van der Waals surface area contributed by atoms with Crippen molar-refractivity contribution in [2.75, 3.05) is 6.61 Å². The normalized spacial score (nSPS) is 10.6. The first-order valence-corrected chi connectivity index (χ1v) is 6.71. The van der Waals surface area contributed by atoms with Gasteiger partial charge in [-0.05, 0) is 0 Å². The van der Waals surface area contributed by atoms with Gasteiger partial charge in [-0.1, -0.05) is 0 Å². The number of benzene rings is 1. The average Bonchev–Trinajstić information content (AvgIpc) is 2.65. The van der Waals surface area contributed by atoms with Crippen LogP contribution in [0.2, 0.25) is 0 Å². The summed E-state index contributed by atoms with van der Waals surface area (Å²) in [5, 5.41) is 2.01. The van der Waals surface area contributed by atoms with Crippen molar-refractivity contribution in [2.24, 2.45) is 0 Å². The Morgan fingerprint density at radius 2 is 2.36 bits per heavy atom. The van der Waals surface area contributed by atoms with Crippen molar-refractivity contribution >= 4 is 24.3 Å². The van der Waals surface area contributed by atoms with Crippen LogP contribution in [0.5, 0.6) is 5.75 Å². The summed E-state index contributed by atoms with van der Waals surface area (Å²) in [6.07, 6.45) is 2.29. The van der Waals surface area contributed by atoms with Crippen LogP contribution in [0, 0.1) is 0 Å². The molecule has 74 valence electrons. The molecule has 1 aromatic heterocycles. The molecule has 2 nitrogen and oxygen atoms in total. The molecule has 0 saturated heterocycles. The molecule has 14 heavy (non-hydrogen) atoms. The second-order valence-corrected chi connectivity index (χ2v) is 5.04. The molecule has 0 unspecified atom stereocenters. The van der Waals surface area contributed by atoms with Gasteiger partial charge in [0.2, 0.25) is 0 Å². The summed E-state index contributed by atoms with van der Waals surface area (Å²) in [7, 11) is 0. The Morgan fingerprint density at radius 1 is 1.43 bits per heavy atom. The Hall–Kier alpha value is -0.791. The molecular weight excluding hydrogens is 241 g/mol. The third kappa shape index (κ3) is 2.17. The summed E-state index contributed by atoms with van der Waals surface area (Å²) in [5.74, 6) is 0.951. The van der Waals surface area contributed by atoms with Gasteiger partial charge >= 0.3 is 89.4 Å². The van der Waals surface area contributed by atoms with Crippen molar-refractivity contribution in [2.45, 2.75) is 19.8 Å². The Kier molecular flexibility index (Phi) is 3.22. The number of hydrogen-bond acceptors (Lipinski definition) is 2. The first-order chi connectivity index (χ1) is 6.90. The van der Waals surface area contributed by atoms with Crippen LogP contribution in [0.1, 0.15) is 19.8 Å². The van der Waals surface area contributed by atoms with Gasteiger partial charge in [-0.25, -0.2) is 0 Å². The molecule has 0 aliphatic rings. The molecular formula is C11H13NOSe. The van der Waals surface area contributed by atoms with Crippen LogP contribution in [0.3, 0.4) is 0 Å². The predicted molar refractivity (Wildman–Crippen MR) is 59.1 cm³/mol. The standard InChI is InChI=1S/C11H13NOSe/c1-2-3-6-13-9-4-5-11-10(7-9)12-8-14-11/h4-5,7-8H,2-3,6H2,1H3. The first kappa shape index (κ1) is 9.75. The molecule has 0 bridgehead atoms. The van der Waals surface area contributed by atoms with E-state index in [1.54, 1.807) is 0 Å². The third-order valence-electron chi connectivity index (χ3n) is 2.07. The van der Waals surface area contributed by atoms with Crippen LogP contribution in [0.25, 0.3) is 9.78 Å². The SMILES string of the molecule is CCCCOc1ccc2[se]cnc2c1. The minimum atomic E-state index is 0.442. The Balaban J connectivity index is 2.10. The number of rotatable bonds is 4. The Morgan fingerprint density at radius 3 is 3.21 bits per heavy atom. The van der Waals surface area contributed by atoms with Crippen molar-refractivity contribution in [1.82, 2.24) is 4.98 Å². The zero-order chi connectivity index (χ0) is 9.80. The number of hydrogen-bond donors (Lipinski definition) is 0. The van der Waals surface area contributed by atoms with Crippen LogP contribution < -0.4 is 4.74 Å². The Bertz CT molecular complexity index is 410. The molecule has 0 aliphatic carbocycles. The quantitative estimate of drug-likeness (QED) is 0.617. The second kappa shape index (κ2) is 4.63. The average molecular weight is 254 g/mol. The van der Waals surface area contributed by atoms with Crippen molar-refractivity contribution < 1.29 is 4.74 Å². The maximum atomic E-state index is 5.60. The van der Waals surface area contributed by atoms with E-state index in [0.29, 0.717) is 14.5 Å². The molecule has 0 N–H and O–H groups in total. The van der Waals surface area contributed by atoms with E-state index in [9.17, 15) is 0 Å². The van der Waals surface area contributed by atoms with Crippen molar-refractivity contribution in [3.05, 3.63) is 23.3 Å². The number of nitrogens with zero attached hydrogens (tertiary/aromatic N) is 1. The molecule has 0 radical (unpaired) electrons. The van der Waals surface area contributed by atoms with E-state index in [1.165, 1.54) is 10.7 Å².